The first-order valence-corrected chi connectivity index (χ1v) is 12.1. The second kappa shape index (κ2) is 10.8. The first-order chi connectivity index (χ1) is 18.0. The topological polar surface area (TPSA) is 109 Å². The van der Waals surface area contributed by atoms with Gasteiger partial charge in [-0.1, -0.05) is 35.5 Å². The molecule has 0 radical (unpaired) electrons. The molecule has 38 heavy (non-hydrogen) atoms. The van der Waals surface area contributed by atoms with E-state index in [-0.39, 0.29) is 18.0 Å². The highest BCUT2D eigenvalue weighted by molar-refractivity contribution is 6.02. The normalized spacial score (nSPS) is 12.1. The molecule has 2 N–H and O–H groups in total. The fraction of sp³-hybridized carbons (Fsp3) is 0.250. The van der Waals surface area contributed by atoms with Gasteiger partial charge in [-0.3, -0.25) is 19.3 Å². The number of anilines is 2. The van der Waals surface area contributed by atoms with Gasteiger partial charge >= 0.3 is 0 Å². The summed E-state index contributed by atoms with van der Waals surface area (Å²) in [7, 11) is 0. The summed E-state index contributed by atoms with van der Waals surface area (Å²) in [5, 5.41) is 13.8. The zero-order valence-corrected chi connectivity index (χ0v) is 21.6. The third-order valence-electron chi connectivity index (χ3n) is 5.64. The van der Waals surface area contributed by atoms with E-state index in [0.29, 0.717) is 22.4 Å². The summed E-state index contributed by atoms with van der Waals surface area (Å²) in [6.45, 7) is 6.55. The van der Waals surface area contributed by atoms with E-state index < -0.39 is 29.2 Å². The van der Waals surface area contributed by atoms with Crippen LogP contribution in [-0.4, -0.2) is 38.3 Å². The van der Waals surface area contributed by atoms with Gasteiger partial charge in [-0.15, -0.1) is 5.10 Å². The van der Waals surface area contributed by atoms with E-state index >= 15 is 4.39 Å². The highest BCUT2D eigenvalue weighted by Gasteiger charge is 2.36. The van der Waals surface area contributed by atoms with Gasteiger partial charge in [-0.2, -0.15) is 0 Å². The zero-order valence-electron chi connectivity index (χ0n) is 21.6. The number of rotatable bonds is 7. The first kappa shape index (κ1) is 26.5. The number of benzene rings is 3. The van der Waals surface area contributed by atoms with Gasteiger partial charge in [0, 0.05) is 29.4 Å². The van der Waals surface area contributed by atoms with Crippen LogP contribution >= 0.6 is 0 Å². The van der Waals surface area contributed by atoms with Crippen LogP contribution in [-0.2, 0) is 20.9 Å². The lowest BCUT2D eigenvalue weighted by Gasteiger charge is -2.34. The molecule has 0 saturated heterocycles. The molecule has 9 nitrogen and oxygen atoms in total. The van der Waals surface area contributed by atoms with Crippen LogP contribution in [0.4, 0.5) is 15.8 Å². The second-order valence-corrected chi connectivity index (χ2v) is 9.89. The average molecular weight is 517 g/mol. The van der Waals surface area contributed by atoms with Crippen molar-refractivity contribution in [2.75, 3.05) is 10.2 Å². The number of hydrogen-bond acceptors (Lipinski definition) is 5. The van der Waals surface area contributed by atoms with Crippen molar-refractivity contribution in [1.29, 1.82) is 0 Å². The Kier molecular flexibility index (Phi) is 7.52. The molecular weight excluding hydrogens is 487 g/mol. The van der Waals surface area contributed by atoms with Crippen molar-refractivity contribution in [3.8, 4) is 0 Å². The van der Waals surface area contributed by atoms with E-state index in [2.05, 4.69) is 20.9 Å². The minimum atomic E-state index is -1.33. The molecule has 1 heterocycles. The molecule has 0 aliphatic carbocycles. The van der Waals surface area contributed by atoms with Crippen LogP contribution in [0.5, 0.6) is 0 Å². The Balaban J connectivity index is 1.83. The van der Waals surface area contributed by atoms with Crippen molar-refractivity contribution in [3.63, 3.8) is 0 Å². The summed E-state index contributed by atoms with van der Waals surface area (Å²) < 4.78 is 16.6. The van der Waals surface area contributed by atoms with Gasteiger partial charge < -0.3 is 10.6 Å². The molecule has 1 aromatic heterocycles. The number of fused-ring (bicyclic) bond motifs is 1. The molecule has 4 rings (SSSR count). The molecule has 1 atom stereocenters. The maximum Gasteiger partial charge on any atom is 0.249 e. The van der Waals surface area contributed by atoms with Gasteiger partial charge in [-0.05, 0) is 63.2 Å². The highest BCUT2D eigenvalue weighted by Crippen LogP contribution is 2.31. The maximum atomic E-state index is 15.2. The summed E-state index contributed by atoms with van der Waals surface area (Å²) in [4.78, 5) is 40.4. The van der Waals surface area contributed by atoms with E-state index in [9.17, 15) is 14.4 Å². The van der Waals surface area contributed by atoms with Gasteiger partial charge in [0.1, 0.15) is 23.9 Å². The summed E-state index contributed by atoms with van der Waals surface area (Å²) in [6, 6.07) is 18.2. The summed E-state index contributed by atoms with van der Waals surface area (Å²) >= 11 is 0. The SMILES string of the molecule is CC(=O)Nc1ccc(N(C(=O)Cn2nnc3ccccc32)C(C(=O)NC(C)(C)C)c2ccccc2F)cc1. The number of carbonyl (C=O) groups is 3. The Morgan fingerprint density at radius 3 is 2.29 bits per heavy atom. The smallest absolute Gasteiger partial charge is 0.249 e. The molecule has 0 aliphatic heterocycles. The number of halogens is 1. The lowest BCUT2D eigenvalue weighted by molar-refractivity contribution is -0.128. The molecule has 10 heteroatoms. The van der Waals surface area contributed by atoms with Crippen molar-refractivity contribution in [2.45, 2.75) is 45.8 Å². The number of aromatic nitrogens is 3. The molecule has 0 saturated carbocycles. The fourth-order valence-corrected chi connectivity index (χ4v) is 4.12. The number of para-hydroxylation sites is 1. The molecule has 196 valence electrons. The van der Waals surface area contributed by atoms with Crippen LogP contribution in [0.15, 0.2) is 72.8 Å². The number of nitrogens with one attached hydrogen (secondary N) is 2. The van der Waals surface area contributed by atoms with Crippen molar-refractivity contribution < 1.29 is 18.8 Å². The lowest BCUT2D eigenvalue weighted by atomic mass is 10.00. The lowest BCUT2D eigenvalue weighted by Crippen LogP contribution is -2.50. The average Bonchev–Trinajstić information content (AvgIpc) is 3.25. The molecule has 0 aliphatic rings. The zero-order chi connectivity index (χ0) is 27.4. The molecule has 3 aromatic carbocycles. The molecule has 4 aromatic rings. The van der Waals surface area contributed by atoms with E-state index in [1.807, 2.05) is 12.1 Å². The van der Waals surface area contributed by atoms with Gasteiger partial charge in [0.25, 0.3) is 0 Å². The van der Waals surface area contributed by atoms with Crippen LogP contribution in [0.2, 0.25) is 0 Å². The third-order valence-corrected chi connectivity index (χ3v) is 5.64. The van der Waals surface area contributed by atoms with Crippen LogP contribution in [0.25, 0.3) is 11.0 Å². The molecule has 0 fully saturated rings. The van der Waals surface area contributed by atoms with Crippen molar-refractivity contribution in [3.05, 3.63) is 84.2 Å². The maximum absolute atomic E-state index is 15.2. The summed E-state index contributed by atoms with van der Waals surface area (Å²) in [6.07, 6.45) is 0. The Labute approximate surface area is 219 Å². The Morgan fingerprint density at radius 1 is 0.974 bits per heavy atom. The van der Waals surface area contributed by atoms with E-state index in [4.69, 9.17) is 0 Å². The molecule has 1 unspecified atom stereocenters. The van der Waals surface area contributed by atoms with Crippen LogP contribution in [0, 0.1) is 5.82 Å². The van der Waals surface area contributed by atoms with Gasteiger partial charge in [0.2, 0.25) is 17.7 Å². The minimum absolute atomic E-state index is 0.0389. The van der Waals surface area contributed by atoms with Crippen molar-refractivity contribution >= 4 is 40.1 Å². The molecule has 0 spiro atoms. The van der Waals surface area contributed by atoms with Gasteiger partial charge in [0.05, 0.1) is 5.52 Å². The van der Waals surface area contributed by atoms with Crippen molar-refractivity contribution in [1.82, 2.24) is 20.3 Å². The van der Waals surface area contributed by atoms with Gasteiger partial charge in [0.15, 0.2) is 0 Å². The number of carbonyl (C=O) groups excluding carboxylic acids is 3. The second-order valence-electron chi connectivity index (χ2n) is 9.89. The fourth-order valence-electron chi connectivity index (χ4n) is 4.12. The predicted molar refractivity (Wildman–Crippen MR) is 143 cm³/mol. The van der Waals surface area contributed by atoms with Crippen LogP contribution in [0.1, 0.15) is 39.3 Å². The van der Waals surface area contributed by atoms with Crippen molar-refractivity contribution in [2.24, 2.45) is 0 Å². The number of amides is 3. The number of nitrogens with zero attached hydrogens (tertiary/aromatic N) is 4. The number of hydrogen-bond donors (Lipinski definition) is 2. The third kappa shape index (κ3) is 6.03. The van der Waals surface area contributed by atoms with Crippen LogP contribution in [0.3, 0.4) is 0 Å². The quantitative estimate of drug-likeness (QED) is 0.382. The Morgan fingerprint density at radius 2 is 1.63 bits per heavy atom. The standard InChI is InChI=1S/C28H29FN6O3/c1-18(36)30-19-13-15-20(16-14-19)35(25(37)17-34-24-12-8-7-11-23(24)32-33-34)26(27(38)31-28(2,3)4)21-9-5-6-10-22(21)29/h5-16,26H,17H2,1-4H3,(H,30,36)(H,31,38). The van der Waals surface area contributed by atoms with Gasteiger partial charge in [-0.25, -0.2) is 9.07 Å². The van der Waals surface area contributed by atoms with E-state index in [1.54, 1.807) is 63.2 Å². The largest absolute Gasteiger partial charge is 0.349 e. The van der Waals surface area contributed by atoms with E-state index in [0.717, 1.165) is 0 Å². The predicted octanol–water partition coefficient (Wildman–Crippen LogP) is 4.22. The Bertz CT molecular complexity index is 1480. The van der Waals surface area contributed by atoms with Crippen LogP contribution < -0.4 is 15.5 Å². The molecule has 3 amide bonds. The summed E-state index contributed by atoms with van der Waals surface area (Å²) in [5.41, 5.74) is 1.50. The summed E-state index contributed by atoms with van der Waals surface area (Å²) in [5.74, 6) is -1.94. The minimum Gasteiger partial charge on any atom is -0.349 e. The first-order valence-electron chi connectivity index (χ1n) is 12.1. The Hall–Kier alpha value is -4.60. The monoisotopic (exact) mass is 516 g/mol. The highest BCUT2D eigenvalue weighted by atomic mass is 19.1. The van der Waals surface area contributed by atoms with E-state index in [1.165, 1.54) is 34.7 Å². The molecule has 0 bridgehead atoms. The molecular formula is C28H29FN6O3.